The lowest BCUT2D eigenvalue weighted by Gasteiger charge is -2.45. The molecule has 5 rings (SSSR count). The lowest BCUT2D eigenvalue weighted by Crippen LogP contribution is -2.50. The van der Waals surface area contributed by atoms with Gasteiger partial charge >= 0.3 is 11.9 Å². The van der Waals surface area contributed by atoms with Crippen LogP contribution in [-0.4, -0.2) is 17.5 Å². The maximum Gasteiger partial charge on any atom is 0.356 e. The Hall–Kier alpha value is -2.82. The van der Waals surface area contributed by atoms with Crippen molar-refractivity contribution in [3.8, 4) is 11.5 Å². The quantitative estimate of drug-likeness (QED) is 0.384. The van der Waals surface area contributed by atoms with E-state index in [1.807, 2.05) is 45.9 Å². The van der Waals surface area contributed by atoms with Crippen LogP contribution in [-0.2, 0) is 25.3 Å². The fourth-order valence-electron chi connectivity index (χ4n) is 6.68. The summed E-state index contributed by atoms with van der Waals surface area (Å²) in [6, 6.07) is 12.2. The smallest absolute Gasteiger partial charge is 0.356 e. The monoisotopic (exact) mass is 476 g/mol. The van der Waals surface area contributed by atoms with Crippen molar-refractivity contribution in [3.63, 3.8) is 0 Å². The normalized spacial score (nSPS) is 31.9. The van der Waals surface area contributed by atoms with E-state index < -0.39 is 28.0 Å². The van der Waals surface area contributed by atoms with Crippen molar-refractivity contribution in [3.05, 3.63) is 58.7 Å². The van der Waals surface area contributed by atoms with Gasteiger partial charge in [0.1, 0.15) is 17.1 Å². The molecule has 35 heavy (non-hydrogen) atoms. The molecule has 2 bridgehead atoms. The van der Waals surface area contributed by atoms with Crippen LogP contribution in [0.4, 0.5) is 0 Å². The third-order valence-electron chi connectivity index (χ3n) is 9.30. The highest BCUT2D eigenvalue weighted by molar-refractivity contribution is 5.94. The predicted octanol–water partition coefficient (Wildman–Crippen LogP) is 6.31. The molecule has 0 amide bonds. The molecular formula is C30H36O5. The van der Waals surface area contributed by atoms with Gasteiger partial charge in [0.05, 0.1) is 5.41 Å². The molecule has 2 heterocycles. The lowest BCUT2D eigenvalue weighted by atomic mass is 9.66. The lowest BCUT2D eigenvalue weighted by molar-refractivity contribution is -0.176. The molecule has 1 aliphatic carbocycles. The summed E-state index contributed by atoms with van der Waals surface area (Å²) in [4.78, 5) is 26.5. The second-order valence-electron chi connectivity index (χ2n) is 12.5. The first-order chi connectivity index (χ1) is 16.2. The average molecular weight is 477 g/mol. The highest BCUT2D eigenvalue weighted by atomic mass is 16.6. The molecule has 2 aromatic rings. The summed E-state index contributed by atoms with van der Waals surface area (Å²) in [5, 5.41) is 0. The first kappa shape index (κ1) is 23.9. The minimum Gasteiger partial charge on any atom is -0.482 e. The first-order valence-electron chi connectivity index (χ1n) is 12.5. The summed E-state index contributed by atoms with van der Waals surface area (Å²) >= 11 is 0. The van der Waals surface area contributed by atoms with Crippen molar-refractivity contribution < 1.29 is 23.8 Å². The summed E-state index contributed by atoms with van der Waals surface area (Å²) in [7, 11) is 0. The molecule has 2 fully saturated rings. The number of esters is 2. The Morgan fingerprint density at radius 1 is 0.857 bits per heavy atom. The second-order valence-corrected chi connectivity index (χ2v) is 12.5. The molecule has 1 saturated heterocycles. The Balaban J connectivity index is 1.55. The third-order valence-corrected chi connectivity index (χ3v) is 9.30. The number of ether oxygens (including phenoxy) is 3. The Bertz CT molecular complexity index is 1260. The van der Waals surface area contributed by atoms with E-state index in [4.69, 9.17) is 14.2 Å². The minimum atomic E-state index is -1.28. The summed E-state index contributed by atoms with van der Waals surface area (Å²) < 4.78 is 18.6. The Labute approximate surface area is 208 Å². The number of carbonyl (C=O) groups excluding carboxylic acids is 2. The fraction of sp³-hybridized carbons (Fsp3) is 0.533. The number of hydrogen-bond donors (Lipinski definition) is 0. The van der Waals surface area contributed by atoms with Crippen LogP contribution in [0.2, 0.25) is 0 Å². The van der Waals surface area contributed by atoms with E-state index in [0.717, 1.165) is 22.4 Å². The van der Waals surface area contributed by atoms with Gasteiger partial charge in [-0.25, -0.2) is 4.79 Å². The van der Waals surface area contributed by atoms with E-state index in [9.17, 15) is 9.59 Å². The zero-order valence-electron chi connectivity index (χ0n) is 22.1. The van der Waals surface area contributed by atoms with Crippen molar-refractivity contribution >= 4 is 11.9 Å². The molecule has 0 unspecified atom stereocenters. The number of carbonyl (C=O) groups is 2. The fourth-order valence-corrected chi connectivity index (χ4v) is 6.68. The van der Waals surface area contributed by atoms with E-state index in [0.29, 0.717) is 25.0 Å². The Morgan fingerprint density at radius 2 is 1.49 bits per heavy atom. The molecule has 3 atom stereocenters. The van der Waals surface area contributed by atoms with E-state index >= 15 is 0 Å². The molecule has 3 aliphatic rings. The van der Waals surface area contributed by atoms with Gasteiger partial charge in [-0.1, -0.05) is 52.0 Å². The van der Waals surface area contributed by atoms with Gasteiger partial charge in [0, 0.05) is 17.4 Å². The maximum atomic E-state index is 13.8. The molecule has 0 radical (unpaired) electrons. The Morgan fingerprint density at radius 3 is 2.09 bits per heavy atom. The van der Waals surface area contributed by atoms with Gasteiger partial charge in [0.2, 0.25) is 5.60 Å². The number of hydrogen-bond acceptors (Lipinski definition) is 5. The van der Waals surface area contributed by atoms with Crippen molar-refractivity contribution in [2.45, 2.75) is 91.3 Å². The van der Waals surface area contributed by atoms with Crippen LogP contribution in [0, 0.1) is 24.7 Å². The summed E-state index contributed by atoms with van der Waals surface area (Å²) in [5.41, 5.74) is 0.612. The predicted molar refractivity (Wildman–Crippen MR) is 134 cm³/mol. The molecule has 5 heteroatoms. The molecular weight excluding hydrogens is 440 g/mol. The van der Waals surface area contributed by atoms with Gasteiger partial charge < -0.3 is 14.2 Å². The van der Waals surface area contributed by atoms with Crippen molar-refractivity contribution in [1.82, 2.24) is 0 Å². The summed E-state index contributed by atoms with van der Waals surface area (Å²) in [5.74, 6) is 0.508. The number of rotatable bonds is 3. The Kier molecular flexibility index (Phi) is 4.86. The van der Waals surface area contributed by atoms with Crippen LogP contribution < -0.4 is 9.47 Å². The molecule has 2 aliphatic heterocycles. The summed E-state index contributed by atoms with van der Waals surface area (Å²) in [6.45, 7) is 16.3. The minimum absolute atomic E-state index is 0.142. The van der Waals surface area contributed by atoms with Crippen LogP contribution in [0.5, 0.6) is 11.5 Å². The molecule has 186 valence electrons. The zero-order chi connectivity index (χ0) is 25.6. The SMILES string of the molecule is Cc1ccc2c(c1)O[C@@](C)(c1ccc(C)cc1OC(=O)[C@]13CC[C@@](C)(C(=O)O1)C3(C)C)CC2(C)C. The van der Waals surface area contributed by atoms with Gasteiger partial charge in [-0.3, -0.25) is 4.79 Å². The number of benzene rings is 2. The van der Waals surface area contributed by atoms with E-state index in [1.54, 1.807) is 0 Å². The molecule has 1 saturated carbocycles. The highest BCUT2D eigenvalue weighted by Gasteiger charge is 2.76. The van der Waals surface area contributed by atoms with Crippen LogP contribution in [0.3, 0.4) is 0 Å². The van der Waals surface area contributed by atoms with Gasteiger partial charge in [-0.05, 0) is 74.8 Å². The molecule has 0 N–H and O–H groups in total. The molecule has 5 nitrogen and oxygen atoms in total. The largest absolute Gasteiger partial charge is 0.482 e. The summed E-state index contributed by atoms with van der Waals surface area (Å²) in [6.07, 6.45) is 1.79. The standard InChI is InChI=1S/C30H36O5/c1-18-10-12-21(29(8)17-26(3,4)20-11-9-19(2)16-23(20)34-29)22(15-18)33-25(32)30-14-13-28(7,24(31)35-30)27(30,5)6/h9-12,15-16H,13-14,17H2,1-8H3/t28-,29+,30-/m0/s1. The van der Waals surface area contributed by atoms with Crippen LogP contribution in [0.25, 0.3) is 0 Å². The van der Waals surface area contributed by atoms with Gasteiger partial charge in [-0.15, -0.1) is 0 Å². The van der Waals surface area contributed by atoms with Crippen LogP contribution >= 0.6 is 0 Å². The molecule has 0 spiro atoms. The van der Waals surface area contributed by atoms with Crippen molar-refractivity contribution in [2.24, 2.45) is 10.8 Å². The first-order valence-corrected chi connectivity index (χ1v) is 12.5. The topological polar surface area (TPSA) is 61.8 Å². The van der Waals surface area contributed by atoms with Crippen molar-refractivity contribution in [1.29, 1.82) is 0 Å². The van der Waals surface area contributed by atoms with Crippen LogP contribution in [0.1, 0.15) is 83.1 Å². The number of fused-ring (bicyclic) bond motifs is 3. The van der Waals surface area contributed by atoms with E-state index in [-0.39, 0.29) is 11.4 Å². The number of aryl methyl sites for hydroxylation is 2. The highest BCUT2D eigenvalue weighted by Crippen LogP contribution is 2.66. The van der Waals surface area contributed by atoms with Gasteiger partial charge in [0.15, 0.2) is 0 Å². The van der Waals surface area contributed by atoms with Crippen molar-refractivity contribution in [2.75, 3.05) is 0 Å². The maximum absolute atomic E-state index is 13.8. The van der Waals surface area contributed by atoms with E-state index in [2.05, 4.69) is 45.9 Å². The zero-order valence-corrected chi connectivity index (χ0v) is 22.1. The molecule has 0 aromatic heterocycles. The van der Waals surface area contributed by atoms with Crippen LogP contribution in [0.15, 0.2) is 36.4 Å². The van der Waals surface area contributed by atoms with Gasteiger partial charge in [0.25, 0.3) is 0 Å². The third kappa shape index (κ3) is 3.12. The van der Waals surface area contributed by atoms with Gasteiger partial charge in [-0.2, -0.15) is 0 Å². The average Bonchev–Trinajstić information content (AvgIpc) is 3.03. The molecule has 2 aromatic carbocycles. The van der Waals surface area contributed by atoms with E-state index in [1.165, 1.54) is 5.56 Å². The second kappa shape index (κ2) is 7.11.